The van der Waals surface area contributed by atoms with Crippen molar-refractivity contribution in [2.45, 2.75) is 65.0 Å². The van der Waals surface area contributed by atoms with Crippen molar-refractivity contribution in [2.24, 2.45) is 22.7 Å². The zero-order valence-electron chi connectivity index (χ0n) is 22.2. The lowest BCUT2D eigenvalue weighted by Gasteiger charge is -2.35. The minimum absolute atomic E-state index is 0.0685. The fraction of sp³-hybridized carbons (Fsp3) is 0.808. The second-order valence-electron chi connectivity index (χ2n) is 12.1. The third kappa shape index (κ3) is 5.64. The van der Waals surface area contributed by atoms with Crippen LogP contribution >= 0.6 is 0 Å². The molecule has 36 heavy (non-hydrogen) atoms. The third-order valence-electron chi connectivity index (χ3n) is 8.06. The lowest BCUT2D eigenvalue weighted by atomic mass is 9.96. The van der Waals surface area contributed by atoms with Gasteiger partial charge in [0, 0.05) is 64.1 Å². The number of hydrogen-bond acceptors (Lipinski definition) is 7. The van der Waals surface area contributed by atoms with E-state index in [1.165, 1.54) is 0 Å². The van der Waals surface area contributed by atoms with Crippen molar-refractivity contribution in [3.63, 3.8) is 0 Å². The molecule has 0 saturated carbocycles. The Hall–Kier alpha value is -2.33. The quantitative estimate of drug-likeness (QED) is 0.636. The van der Waals surface area contributed by atoms with Crippen LogP contribution in [0.25, 0.3) is 0 Å². The van der Waals surface area contributed by atoms with Gasteiger partial charge in [-0.15, -0.1) is 0 Å². The second kappa shape index (κ2) is 10.2. The average Bonchev–Trinajstić information content (AvgIpc) is 3.42. The number of hydrogen-bond donors (Lipinski definition) is 1. The van der Waals surface area contributed by atoms with Gasteiger partial charge in [-0.25, -0.2) is 14.6 Å². The number of urea groups is 1. The van der Waals surface area contributed by atoms with Crippen LogP contribution in [0, 0.1) is 17.8 Å². The van der Waals surface area contributed by atoms with Gasteiger partial charge in [0.1, 0.15) is 18.1 Å². The number of nitrogens with zero attached hydrogens (tertiary/aromatic N) is 5. The van der Waals surface area contributed by atoms with Crippen LogP contribution in [0.3, 0.4) is 0 Å². The number of carbonyl (C=O) groups is 2. The summed E-state index contributed by atoms with van der Waals surface area (Å²) in [6.45, 7) is 14.5. The number of rotatable bonds is 4. The topological polar surface area (TPSA) is 90.0 Å². The van der Waals surface area contributed by atoms with E-state index in [1.54, 1.807) is 4.90 Å². The summed E-state index contributed by atoms with van der Waals surface area (Å²) in [6.07, 6.45) is 5.83. The molecule has 10 nitrogen and oxygen atoms in total. The molecule has 0 spiro atoms. The largest absolute Gasteiger partial charge is 0.444 e. The monoisotopic (exact) mass is 502 g/mol. The highest BCUT2D eigenvalue weighted by molar-refractivity contribution is 6.02. The average molecular weight is 503 g/mol. The van der Waals surface area contributed by atoms with Crippen LogP contribution in [-0.4, -0.2) is 102 Å². The van der Waals surface area contributed by atoms with Gasteiger partial charge in [0.25, 0.3) is 0 Å². The molecular formula is C26H42N6O4. The van der Waals surface area contributed by atoms with Gasteiger partial charge in [0.2, 0.25) is 0 Å². The molecule has 0 aromatic heterocycles. The van der Waals surface area contributed by atoms with Gasteiger partial charge in [-0.2, -0.15) is 0 Å². The number of amidine groups is 1. The minimum atomic E-state index is -0.458. The van der Waals surface area contributed by atoms with E-state index >= 15 is 0 Å². The van der Waals surface area contributed by atoms with Gasteiger partial charge in [-0.1, -0.05) is 6.92 Å². The van der Waals surface area contributed by atoms with E-state index in [0.29, 0.717) is 24.5 Å². The molecule has 10 heteroatoms. The van der Waals surface area contributed by atoms with Gasteiger partial charge in [-0.3, -0.25) is 10.2 Å². The van der Waals surface area contributed by atoms with Gasteiger partial charge >= 0.3 is 12.1 Å². The van der Waals surface area contributed by atoms with Crippen molar-refractivity contribution in [1.82, 2.24) is 24.9 Å². The number of aliphatic imine (C=N–C) groups is 1. The van der Waals surface area contributed by atoms with Crippen molar-refractivity contribution in [1.29, 1.82) is 0 Å². The molecule has 2 atom stereocenters. The minimum Gasteiger partial charge on any atom is -0.444 e. The van der Waals surface area contributed by atoms with Crippen LogP contribution in [0.1, 0.15) is 53.4 Å². The number of nitrogens with one attached hydrogen (secondary N) is 1. The molecule has 3 saturated heterocycles. The summed E-state index contributed by atoms with van der Waals surface area (Å²) in [5.41, 5.74) is -0.458. The molecule has 3 amide bonds. The fourth-order valence-corrected chi connectivity index (χ4v) is 6.06. The van der Waals surface area contributed by atoms with E-state index in [4.69, 9.17) is 14.5 Å². The smallest absolute Gasteiger partial charge is 0.410 e. The lowest BCUT2D eigenvalue weighted by Crippen LogP contribution is -2.50. The molecule has 0 aromatic rings. The maximum Gasteiger partial charge on any atom is 0.410 e. The van der Waals surface area contributed by atoms with Crippen LogP contribution in [0.2, 0.25) is 0 Å². The highest BCUT2D eigenvalue weighted by Crippen LogP contribution is 2.31. The van der Waals surface area contributed by atoms with Crippen LogP contribution in [0.5, 0.6) is 0 Å². The van der Waals surface area contributed by atoms with Gasteiger partial charge in [0.15, 0.2) is 5.82 Å². The van der Waals surface area contributed by atoms with Crippen molar-refractivity contribution in [3.05, 3.63) is 12.0 Å². The Labute approximate surface area is 214 Å². The molecule has 0 aromatic carbocycles. The second-order valence-corrected chi connectivity index (χ2v) is 12.1. The Bertz CT molecular complexity index is 901. The van der Waals surface area contributed by atoms with E-state index in [-0.39, 0.29) is 18.0 Å². The molecule has 0 aliphatic carbocycles. The predicted molar refractivity (Wildman–Crippen MR) is 136 cm³/mol. The number of fused-ring (bicyclic) bond motifs is 1. The summed E-state index contributed by atoms with van der Waals surface area (Å²) in [6, 6.07) is 0.340. The molecule has 5 rings (SSSR count). The Balaban J connectivity index is 1.15. The first-order chi connectivity index (χ1) is 17.2. The summed E-state index contributed by atoms with van der Waals surface area (Å²) in [5, 5.41) is 3.10. The summed E-state index contributed by atoms with van der Waals surface area (Å²) >= 11 is 0. The normalized spacial score (nSPS) is 28.7. The van der Waals surface area contributed by atoms with Crippen LogP contribution in [0.4, 0.5) is 9.59 Å². The number of piperidine rings is 1. The first-order valence-electron chi connectivity index (χ1n) is 13.6. The lowest BCUT2D eigenvalue weighted by molar-refractivity contribution is 0.0172. The Kier molecular flexibility index (Phi) is 7.18. The zero-order chi connectivity index (χ0) is 25.4. The van der Waals surface area contributed by atoms with Gasteiger partial charge in [0.05, 0.1) is 0 Å². The molecule has 200 valence electrons. The highest BCUT2D eigenvalue weighted by Gasteiger charge is 2.40. The predicted octanol–water partition coefficient (Wildman–Crippen LogP) is 2.88. The van der Waals surface area contributed by atoms with Crippen LogP contribution < -0.4 is 5.32 Å². The van der Waals surface area contributed by atoms with Gasteiger partial charge < -0.3 is 24.2 Å². The molecular weight excluding hydrogens is 460 g/mol. The Morgan fingerprint density at radius 3 is 2.58 bits per heavy atom. The number of likely N-dealkylation sites (tertiary alicyclic amines) is 2. The first-order valence-corrected chi connectivity index (χ1v) is 13.6. The maximum absolute atomic E-state index is 12.9. The molecule has 5 aliphatic rings. The first kappa shape index (κ1) is 25.3. The SMILES string of the molecule is CC1CN(CC2CCN(C(=O)OC(C)(C)C)CC2)CC1C1=NC2=CN(C3CCOCC3)CN2C(=O)N1. The highest BCUT2D eigenvalue weighted by atomic mass is 16.6. The molecule has 1 N–H and O–H groups in total. The zero-order valence-corrected chi connectivity index (χ0v) is 22.2. The van der Waals surface area contributed by atoms with Crippen LogP contribution in [-0.2, 0) is 9.47 Å². The molecule has 0 radical (unpaired) electrons. The summed E-state index contributed by atoms with van der Waals surface area (Å²) in [4.78, 5) is 38.6. The fourth-order valence-electron chi connectivity index (χ4n) is 6.06. The number of amides is 3. The van der Waals surface area contributed by atoms with E-state index in [9.17, 15) is 9.59 Å². The molecule has 2 unspecified atom stereocenters. The Morgan fingerprint density at radius 1 is 1.17 bits per heavy atom. The summed E-state index contributed by atoms with van der Waals surface area (Å²) in [5.74, 6) is 2.78. The van der Waals surface area contributed by atoms with Crippen LogP contribution in [0.15, 0.2) is 17.0 Å². The van der Waals surface area contributed by atoms with Crippen molar-refractivity contribution in [3.8, 4) is 0 Å². The van der Waals surface area contributed by atoms with Crippen molar-refractivity contribution < 1.29 is 19.1 Å². The third-order valence-corrected chi connectivity index (χ3v) is 8.06. The van der Waals surface area contributed by atoms with E-state index in [0.717, 1.165) is 83.3 Å². The Morgan fingerprint density at radius 2 is 1.89 bits per heavy atom. The van der Waals surface area contributed by atoms with E-state index < -0.39 is 5.60 Å². The number of ether oxygens (including phenoxy) is 2. The standard InChI is InChI=1S/C26H42N6O4/c1-18-13-29(14-19-5-9-30(10-6-19)25(34)36-26(2,3)4)15-21(18)23-27-22-16-31(17-32(22)24(33)28-23)20-7-11-35-12-8-20/h16,18-21H,5-15,17H2,1-4H3,(H,27,28,33). The van der Waals surface area contributed by atoms with E-state index in [2.05, 4.69) is 28.2 Å². The summed E-state index contributed by atoms with van der Waals surface area (Å²) < 4.78 is 11.0. The van der Waals surface area contributed by atoms with Crippen molar-refractivity contribution in [2.75, 3.05) is 52.6 Å². The molecule has 0 bridgehead atoms. The van der Waals surface area contributed by atoms with Gasteiger partial charge in [-0.05, 0) is 58.3 Å². The molecule has 5 aliphatic heterocycles. The molecule has 3 fully saturated rings. The maximum atomic E-state index is 12.9. The summed E-state index contributed by atoms with van der Waals surface area (Å²) in [7, 11) is 0. The van der Waals surface area contributed by atoms with E-state index in [1.807, 2.05) is 25.7 Å². The number of carbonyl (C=O) groups excluding carboxylic acids is 2. The molecule has 5 heterocycles. The van der Waals surface area contributed by atoms with Crippen molar-refractivity contribution >= 4 is 18.0 Å².